The van der Waals surface area contributed by atoms with Crippen LogP contribution in [0.2, 0.25) is 0 Å². The van der Waals surface area contributed by atoms with Crippen LogP contribution in [0.5, 0.6) is 0 Å². The molecule has 15 heavy (non-hydrogen) atoms. The van der Waals surface area contributed by atoms with Gasteiger partial charge in [0.05, 0.1) is 0 Å². The number of hydrogen-bond acceptors (Lipinski definition) is 3. The van der Waals surface area contributed by atoms with E-state index in [9.17, 15) is 9.90 Å². The molecule has 0 bridgehead atoms. The van der Waals surface area contributed by atoms with Crippen molar-refractivity contribution in [3.05, 3.63) is 35.4 Å². The van der Waals surface area contributed by atoms with Gasteiger partial charge in [0.25, 0.3) is 0 Å². The second kappa shape index (κ2) is 4.79. The predicted octanol–water partition coefficient (Wildman–Crippen LogP) is 1.51. The quantitative estimate of drug-likeness (QED) is 0.792. The van der Waals surface area contributed by atoms with Crippen molar-refractivity contribution >= 4 is 6.09 Å². The maximum atomic E-state index is 10.5. The summed E-state index contributed by atoms with van der Waals surface area (Å²) in [6.45, 7) is 3.48. The fourth-order valence-electron chi connectivity index (χ4n) is 1.42. The summed E-state index contributed by atoms with van der Waals surface area (Å²) in [5.41, 5.74) is 6.57. The first kappa shape index (κ1) is 11.5. The van der Waals surface area contributed by atoms with Crippen molar-refractivity contribution in [1.82, 2.24) is 0 Å². The summed E-state index contributed by atoms with van der Waals surface area (Å²) in [5.74, 6) is 0. The molecule has 0 heterocycles. The van der Waals surface area contributed by atoms with E-state index in [2.05, 4.69) is 0 Å². The molecular formula is C11H15NO3. The SMILES string of the molecule is Cc1ccccc1C(O)C(C)OC(N)=O. The van der Waals surface area contributed by atoms with Gasteiger partial charge in [-0.05, 0) is 25.0 Å². The number of carbonyl (C=O) groups excluding carboxylic acids is 1. The first-order valence-electron chi connectivity index (χ1n) is 4.72. The molecule has 3 N–H and O–H groups in total. The lowest BCUT2D eigenvalue weighted by Crippen LogP contribution is -2.26. The number of hydrogen-bond donors (Lipinski definition) is 2. The van der Waals surface area contributed by atoms with E-state index in [-0.39, 0.29) is 0 Å². The van der Waals surface area contributed by atoms with Crippen LogP contribution in [-0.4, -0.2) is 17.3 Å². The van der Waals surface area contributed by atoms with E-state index in [4.69, 9.17) is 10.5 Å². The number of amides is 1. The average Bonchev–Trinajstić information content (AvgIpc) is 2.16. The summed E-state index contributed by atoms with van der Waals surface area (Å²) in [7, 11) is 0. The minimum Gasteiger partial charge on any atom is -0.444 e. The molecule has 1 rings (SSSR count). The van der Waals surface area contributed by atoms with Crippen LogP contribution >= 0.6 is 0 Å². The van der Waals surface area contributed by atoms with Gasteiger partial charge in [-0.25, -0.2) is 4.79 Å². The van der Waals surface area contributed by atoms with Crippen molar-refractivity contribution in [1.29, 1.82) is 0 Å². The number of aliphatic hydroxyl groups is 1. The second-order valence-electron chi connectivity index (χ2n) is 3.44. The Morgan fingerprint density at radius 2 is 2.07 bits per heavy atom. The molecule has 1 amide bonds. The highest BCUT2D eigenvalue weighted by Gasteiger charge is 2.20. The third kappa shape index (κ3) is 2.95. The average molecular weight is 209 g/mol. The number of rotatable bonds is 3. The normalized spacial score (nSPS) is 14.3. The lowest BCUT2D eigenvalue weighted by molar-refractivity contribution is 0.0154. The highest BCUT2D eigenvalue weighted by molar-refractivity contribution is 5.64. The molecular weight excluding hydrogens is 194 g/mol. The van der Waals surface area contributed by atoms with E-state index < -0.39 is 18.3 Å². The maximum Gasteiger partial charge on any atom is 0.404 e. The predicted molar refractivity (Wildman–Crippen MR) is 56.3 cm³/mol. The molecule has 0 aliphatic carbocycles. The minimum atomic E-state index is -0.880. The summed E-state index contributed by atoms with van der Waals surface area (Å²) < 4.78 is 4.71. The van der Waals surface area contributed by atoms with Gasteiger partial charge in [0.15, 0.2) is 0 Å². The van der Waals surface area contributed by atoms with Gasteiger partial charge in [-0.2, -0.15) is 0 Å². The van der Waals surface area contributed by atoms with Gasteiger partial charge >= 0.3 is 6.09 Å². The molecule has 0 aliphatic heterocycles. The zero-order chi connectivity index (χ0) is 11.4. The molecule has 0 spiro atoms. The van der Waals surface area contributed by atoms with Crippen LogP contribution in [0.25, 0.3) is 0 Å². The first-order chi connectivity index (χ1) is 7.02. The minimum absolute atomic E-state index is 0.649. The summed E-state index contributed by atoms with van der Waals surface area (Å²) in [4.78, 5) is 10.5. The Labute approximate surface area is 88.7 Å². The fraction of sp³-hybridized carbons (Fsp3) is 0.364. The molecule has 1 aromatic rings. The third-order valence-electron chi connectivity index (χ3n) is 2.25. The lowest BCUT2D eigenvalue weighted by atomic mass is 10.0. The van der Waals surface area contributed by atoms with Gasteiger partial charge in [0.1, 0.15) is 12.2 Å². The topological polar surface area (TPSA) is 72.6 Å². The standard InChI is InChI=1S/C11H15NO3/c1-7-5-3-4-6-9(7)10(13)8(2)15-11(12)14/h3-6,8,10,13H,1-2H3,(H2,12,14). The monoisotopic (exact) mass is 209 g/mol. The van der Waals surface area contributed by atoms with Crippen LogP contribution in [-0.2, 0) is 4.74 Å². The molecule has 0 saturated carbocycles. The van der Waals surface area contributed by atoms with Crippen LogP contribution in [0.3, 0.4) is 0 Å². The maximum absolute atomic E-state index is 10.5. The third-order valence-corrected chi connectivity index (χ3v) is 2.25. The Morgan fingerprint density at radius 3 is 2.60 bits per heavy atom. The molecule has 0 aliphatic rings. The number of aliphatic hydroxyl groups excluding tert-OH is 1. The Morgan fingerprint density at radius 1 is 1.47 bits per heavy atom. The van der Waals surface area contributed by atoms with Crippen molar-refractivity contribution in [2.45, 2.75) is 26.1 Å². The van der Waals surface area contributed by atoms with Crippen molar-refractivity contribution in [3.8, 4) is 0 Å². The van der Waals surface area contributed by atoms with Crippen LogP contribution in [0, 0.1) is 6.92 Å². The van der Waals surface area contributed by atoms with Gasteiger partial charge in [-0.1, -0.05) is 24.3 Å². The van der Waals surface area contributed by atoms with E-state index in [1.54, 1.807) is 13.0 Å². The molecule has 0 fully saturated rings. The van der Waals surface area contributed by atoms with Gasteiger partial charge in [0.2, 0.25) is 0 Å². The zero-order valence-electron chi connectivity index (χ0n) is 8.81. The molecule has 0 saturated heterocycles. The summed E-state index contributed by atoms with van der Waals surface area (Å²) in [6.07, 6.45) is -2.38. The number of benzene rings is 1. The summed E-state index contributed by atoms with van der Waals surface area (Å²) in [5, 5.41) is 9.89. The second-order valence-corrected chi connectivity index (χ2v) is 3.44. The Bertz CT molecular complexity index is 351. The van der Waals surface area contributed by atoms with Crippen molar-refractivity contribution in [2.75, 3.05) is 0 Å². The molecule has 0 aromatic heterocycles. The van der Waals surface area contributed by atoms with Gasteiger partial charge < -0.3 is 15.6 Å². The Balaban J connectivity index is 2.80. The Kier molecular flexibility index (Phi) is 3.68. The molecule has 0 radical (unpaired) electrons. The van der Waals surface area contributed by atoms with Gasteiger partial charge in [-0.15, -0.1) is 0 Å². The smallest absolute Gasteiger partial charge is 0.404 e. The molecule has 2 unspecified atom stereocenters. The number of primary amides is 1. The molecule has 2 atom stereocenters. The molecule has 1 aromatic carbocycles. The van der Waals surface area contributed by atoms with Gasteiger partial charge in [-0.3, -0.25) is 0 Å². The zero-order valence-corrected chi connectivity index (χ0v) is 8.81. The van der Waals surface area contributed by atoms with Crippen LogP contribution in [0.4, 0.5) is 4.79 Å². The summed E-state index contributed by atoms with van der Waals surface area (Å²) in [6, 6.07) is 7.38. The number of ether oxygens (including phenoxy) is 1. The highest BCUT2D eigenvalue weighted by atomic mass is 16.6. The van der Waals surface area contributed by atoms with E-state index in [1.807, 2.05) is 25.1 Å². The Hall–Kier alpha value is -1.55. The van der Waals surface area contributed by atoms with E-state index in [0.717, 1.165) is 11.1 Å². The van der Waals surface area contributed by atoms with E-state index in [1.165, 1.54) is 0 Å². The number of carbonyl (C=O) groups is 1. The lowest BCUT2D eigenvalue weighted by Gasteiger charge is -2.20. The largest absolute Gasteiger partial charge is 0.444 e. The van der Waals surface area contributed by atoms with Crippen LogP contribution in [0.1, 0.15) is 24.2 Å². The fourth-order valence-corrected chi connectivity index (χ4v) is 1.42. The van der Waals surface area contributed by atoms with Crippen molar-refractivity contribution in [3.63, 3.8) is 0 Å². The van der Waals surface area contributed by atoms with Crippen LogP contribution < -0.4 is 5.73 Å². The molecule has 4 heteroatoms. The van der Waals surface area contributed by atoms with Crippen molar-refractivity contribution in [2.24, 2.45) is 5.73 Å². The van der Waals surface area contributed by atoms with Crippen LogP contribution in [0.15, 0.2) is 24.3 Å². The summed E-state index contributed by atoms with van der Waals surface area (Å²) >= 11 is 0. The molecule has 4 nitrogen and oxygen atoms in total. The first-order valence-corrected chi connectivity index (χ1v) is 4.72. The number of aryl methyl sites for hydroxylation is 1. The van der Waals surface area contributed by atoms with Gasteiger partial charge in [0, 0.05) is 0 Å². The van der Waals surface area contributed by atoms with E-state index >= 15 is 0 Å². The highest BCUT2D eigenvalue weighted by Crippen LogP contribution is 2.21. The molecule has 82 valence electrons. The van der Waals surface area contributed by atoms with E-state index in [0.29, 0.717) is 0 Å². The van der Waals surface area contributed by atoms with Crippen molar-refractivity contribution < 1.29 is 14.6 Å². The number of nitrogens with two attached hydrogens (primary N) is 1.